The summed E-state index contributed by atoms with van der Waals surface area (Å²) < 4.78 is 0. The van der Waals surface area contributed by atoms with E-state index >= 15 is 0 Å². The molecular formula is C13H15N3O. The van der Waals surface area contributed by atoms with Gasteiger partial charge in [0, 0.05) is 30.7 Å². The van der Waals surface area contributed by atoms with Gasteiger partial charge in [0.1, 0.15) is 6.10 Å². The van der Waals surface area contributed by atoms with Crippen molar-refractivity contribution in [3.63, 3.8) is 0 Å². The highest BCUT2D eigenvalue weighted by atomic mass is 16.3. The molecule has 0 saturated carbocycles. The van der Waals surface area contributed by atoms with E-state index in [1.807, 2.05) is 19.1 Å². The summed E-state index contributed by atoms with van der Waals surface area (Å²) in [5.41, 5.74) is 9.02. The Kier molecular flexibility index (Phi) is 3.35. The number of nitrogen functional groups attached to an aromatic ring is 1. The number of rotatable bonds is 3. The van der Waals surface area contributed by atoms with E-state index in [0.717, 1.165) is 11.1 Å². The van der Waals surface area contributed by atoms with Gasteiger partial charge in [-0.25, -0.2) is 0 Å². The van der Waals surface area contributed by atoms with Gasteiger partial charge in [-0.15, -0.1) is 0 Å². The number of aromatic nitrogens is 2. The maximum atomic E-state index is 10.1. The molecule has 0 radical (unpaired) electrons. The van der Waals surface area contributed by atoms with Crippen LogP contribution in [-0.2, 0) is 6.42 Å². The summed E-state index contributed by atoms with van der Waals surface area (Å²) >= 11 is 0. The van der Waals surface area contributed by atoms with Gasteiger partial charge in [0.05, 0.1) is 5.69 Å². The average Bonchev–Trinajstić information content (AvgIpc) is 2.32. The molecule has 88 valence electrons. The lowest BCUT2D eigenvalue weighted by atomic mass is 10.0. The summed E-state index contributed by atoms with van der Waals surface area (Å²) in [4.78, 5) is 8.15. The molecule has 0 spiro atoms. The zero-order valence-electron chi connectivity index (χ0n) is 9.67. The molecule has 0 aliphatic carbocycles. The highest BCUT2D eigenvalue weighted by Gasteiger charge is 2.11. The second-order valence-corrected chi connectivity index (χ2v) is 4.05. The molecule has 2 rings (SSSR count). The van der Waals surface area contributed by atoms with Crippen LogP contribution in [0.3, 0.4) is 0 Å². The number of pyridine rings is 2. The fraction of sp³-hybridized carbons (Fsp3) is 0.231. The molecule has 2 heterocycles. The van der Waals surface area contributed by atoms with E-state index in [-0.39, 0.29) is 0 Å². The first-order valence-corrected chi connectivity index (χ1v) is 5.46. The third-order valence-corrected chi connectivity index (χ3v) is 2.63. The second kappa shape index (κ2) is 4.93. The van der Waals surface area contributed by atoms with Crippen LogP contribution in [0.4, 0.5) is 5.69 Å². The van der Waals surface area contributed by atoms with E-state index in [2.05, 4.69) is 9.97 Å². The number of aryl methyl sites for hydroxylation is 1. The number of hydrogen-bond donors (Lipinski definition) is 2. The molecule has 4 nitrogen and oxygen atoms in total. The molecule has 0 aliphatic rings. The van der Waals surface area contributed by atoms with Crippen molar-refractivity contribution >= 4 is 5.69 Å². The Labute approximate surface area is 100 Å². The first-order valence-electron chi connectivity index (χ1n) is 5.46. The molecule has 0 amide bonds. The Morgan fingerprint density at radius 1 is 1.35 bits per heavy atom. The highest BCUT2D eigenvalue weighted by Crippen LogP contribution is 2.20. The van der Waals surface area contributed by atoms with Crippen molar-refractivity contribution in [3.05, 3.63) is 53.6 Å². The summed E-state index contributed by atoms with van der Waals surface area (Å²) in [7, 11) is 0. The minimum atomic E-state index is -0.651. The van der Waals surface area contributed by atoms with Crippen molar-refractivity contribution in [2.75, 3.05) is 5.73 Å². The largest absolute Gasteiger partial charge is 0.398 e. The zero-order chi connectivity index (χ0) is 12.3. The summed E-state index contributed by atoms with van der Waals surface area (Å²) in [6.07, 6.45) is 4.78. The molecule has 1 atom stereocenters. The predicted octanol–water partition coefficient (Wildman–Crippen LogP) is 1.64. The quantitative estimate of drug-likeness (QED) is 0.839. The molecule has 0 aromatic carbocycles. The maximum absolute atomic E-state index is 10.1. The van der Waals surface area contributed by atoms with Crippen molar-refractivity contribution in [2.24, 2.45) is 0 Å². The van der Waals surface area contributed by atoms with Gasteiger partial charge >= 0.3 is 0 Å². The van der Waals surface area contributed by atoms with E-state index in [4.69, 9.17) is 5.73 Å². The van der Waals surface area contributed by atoms with Crippen molar-refractivity contribution in [2.45, 2.75) is 19.4 Å². The highest BCUT2D eigenvalue weighted by molar-refractivity contribution is 5.44. The molecule has 1 unspecified atom stereocenters. The molecule has 0 bridgehead atoms. The monoisotopic (exact) mass is 229 g/mol. The van der Waals surface area contributed by atoms with Gasteiger partial charge in [-0.3, -0.25) is 9.97 Å². The van der Waals surface area contributed by atoms with Crippen LogP contribution >= 0.6 is 0 Å². The van der Waals surface area contributed by atoms with Gasteiger partial charge in [0.2, 0.25) is 0 Å². The topological polar surface area (TPSA) is 72.0 Å². The van der Waals surface area contributed by atoms with E-state index in [0.29, 0.717) is 17.8 Å². The van der Waals surface area contributed by atoms with Crippen LogP contribution in [-0.4, -0.2) is 15.1 Å². The van der Waals surface area contributed by atoms with Crippen LogP contribution in [0, 0.1) is 6.92 Å². The molecule has 17 heavy (non-hydrogen) atoms. The predicted molar refractivity (Wildman–Crippen MR) is 66.3 cm³/mol. The molecule has 4 heteroatoms. The zero-order valence-corrected chi connectivity index (χ0v) is 9.67. The number of nitrogens with two attached hydrogens (primary N) is 1. The summed E-state index contributed by atoms with van der Waals surface area (Å²) in [6, 6.07) is 5.50. The molecular weight excluding hydrogens is 214 g/mol. The minimum Gasteiger partial charge on any atom is -0.398 e. The fourth-order valence-corrected chi connectivity index (χ4v) is 1.66. The normalized spacial score (nSPS) is 12.4. The standard InChI is InChI=1S/C13H15N3O/c1-9-2-5-16-12(6-9)13(17)7-10-8-15-4-3-11(10)14/h2-6,8,13,17H,7H2,1H3,(H2,14,15). The van der Waals surface area contributed by atoms with Gasteiger partial charge in [0.15, 0.2) is 0 Å². The van der Waals surface area contributed by atoms with E-state index in [1.54, 1.807) is 24.7 Å². The molecule has 0 saturated heterocycles. The molecule has 0 aliphatic heterocycles. The molecule has 2 aromatic rings. The van der Waals surface area contributed by atoms with Crippen LogP contribution < -0.4 is 5.73 Å². The minimum absolute atomic E-state index is 0.427. The van der Waals surface area contributed by atoms with Gasteiger partial charge in [0.25, 0.3) is 0 Å². The van der Waals surface area contributed by atoms with Gasteiger partial charge in [-0.2, -0.15) is 0 Å². The number of hydrogen-bond acceptors (Lipinski definition) is 4. The number of nitrogens with zero attached hydrogens (tertiary/aromatic N) is 2. The lowest BCUT2D eigenvalue weighted by Crippen LogP contribution is -2.06. The smallest absolute Gasteiger partial charge is 0.100 e. The van der Waals surface area contributed by atoms with Crippen molar-refractivity contribution in [1.29, 1.82) is 0 Å². The second-order valence-electron chi connectivity index (χ2n) is 4.05. The lowest BCUT2D eigenvalue weighted by Gasteiger charge is -2.11. The first-order chi connectivity index (χ1) is 8.16. The summed E-state index contributed by atoms with van der Waals surface area (Å²) in [6.45, 7) is 1.97. The fourth-order valence-electron chi connectivity index (χ4n) is 1.66. The number of aliphatic hydroxyl groups is 1. The average molecular weight is 229 g/mol. The first kappa shape index (κ1) is 11.5. The van der Waals surface area contributed by atoms with Crippen molar-refractivity contribution in [3.8, 4) is 0 Å². The summed E-state index contributed by atoms with van der Waals surface area (Å²) in [5.74, 6) is 0. The molecule has 2 aromatic heterocycles. The Morgan fingerprint density at radius 2 is 2.18 bits per heavy atom. The summed E-state index contributed by atoms with van der Waals surface area (Å²) in [5, 5.41) is 10.1. The van der Waals surface area contributed by atoms with E-state index in [9.17, 15) is 5.11 Å². The SMILES string of the molecule is Cc1ccnc(C(O)Cc2cnccc2N)c1. The van der Waals surface area contributed by atoms with Crippen LogP contribution in [0.1, 0.15) is 22.9 Å². The molecule has 0 fully saturated rings. The van der Waals surface area contributed by atoms with Crippen molar-refractivity contribution < 1.29 is 5.11 Å². The Bertz CT molecular complexity index is 514. The Hall–Kier alpha value is -1.94. The van der Waals surface area contributed by atoms with Gasteiger partial charge in [-0.05, 0) is 36.2 Å². The third-order valence-electron chi connectivity index (χ3n) is 2.63. The van der Waals surface area contributed by atoms with Crippen molar-refractivity contribution in [1.82, 2.24) is 9.97 Å². The van der Waals surface area contributed by atoms with Crippen LogP contribution in [0.15, 0.2) is 36.8 Å². The Morgan fingerprint density at radius 3 is 2.88 bits per heavy atom. The van der Waals surface area contributed by atoms with Crippen LogP contribution in [0.5, 0.6) is 0 Å². The maximum Gasteiger partial charge on any atom is 0.100 e. The third kappa shape index (κ3) is 2.79. The van der Waals surface area contributed by atoms with E-state index in [1.165, 1.54) is 0 Å². The number of anilines is 1. The van der Waals surface area contributed by atoms with Crippen LogP contribution in [0.25, 0.3) is 0 Å². The van der Waals surface area contributed by atoms with Crippen LogP contribution in [0.2, 0.25) is 0 Å². The molecule has 3 N–H and O–H groups in total. The van der Waals surface area contributed by atoms with Gasteiger partial charge in [-0.1, -0.05) is 0 Å². The Balaban J connectivity index is 2.17. The van der Waals surface area contributed by atoms with E-state index < -0.39 is 6.10 Å². The lowest BCUT2D eigenvalue weighted by molar-refractivity contribution is 0.173. The van der Waals surface area contributed by atoms with Gasteiger partial charge < -0.3 is 10.8 Å². The number of aliphatic hydroxyl groups excluding tert-OH is 1.